The first kappa shape index (κ1) is 45.1. The molecule has 0 unspecified atom stereocenters. The van der Waals surface area contributed by atoms with Crippen molar-refractivity contribution in [3.8, 4) is 0 Å². The second-order valence-corrected chi connectivity index (χ2v) is 17.6. The van der Waals surface area contributed by atoms with E-state index in [4.69, 9.17) is 0 Å². The van der Waals surface area contributed by atoms with Gasteiger partial charge in [-0.1, -0.05) is 75.0 Å². The van der Waals surface area contributed by atoms with Crippen LogP contribution in [0.5, 0.6) is 0 Å². The summed E-state index contributed by atoms with van der Waals surface area (Å²) in [5, 5.41) is 14.2. The summed E-state index contributed by atoms with van der Waals surface area (Å²) < 4.78 is 5.97. The molecule has 10 nitrogen and oxygen atoms in total. The number of carbonyl (C=O) groups excluding carboxylic acids is 4. The van der Waals surface area contributed by atoms with Crippen LogP contribution in [0.1, 0.15) is 134 Å². The molecular formula is C48H60Br2N6O4. The Kier molecular flexibility index (Phi) is 16.9. The molecule has 2 bridgehead atoms. The quantitative estimate of drug-likeness (QED) is 0.0883. The van der Waals surface area contributed by atoms with E-state index in [1.807, 2.05) is 45.5 Å². The maximum atomic E-state index is 12.6. The molecule has 4 N–H and O–H groups in total. The van der Waals surface area contributed by atoms with Gasteiger partial charge < -0.3 is 30.4 Å². The molecule has 7 rings (SSSR count). The summed E-state index contributed by atoms with van der Waals surface area (Å²) >= 11 is 7.62. The number of carbonyl (C=O) groups is 4. The Morgan fingerprint density at radius 1 is 0.733 bits per heavy atom. The number of hydrogen-bond acceptors (Lipinski definition) is 4. The minimum Gasteiger partial charge on any atom is -0.354 e. The molecule has 0 saturated heterocycles. The third-order valence-electron chi connectivity index (χ3n) is 11.9. The average Bonchev–Trinajstić information content (AvgIpc) is 3.69. The van der Waals surface area contributed by atoms with Gasteiger partial charge in [-0.15, -0.1) is 13.2 Å². The zero-order valence-electron chi connectivity index (χ0n) is 34.8. The first-order valence-electron chi connectivity index (χ1n) is 21.8. The van der Waals surface area contributed by atoms with Crippen LogP contribution in [0.2, 0.25) is 0 Å². The fourth-order valence-corrected chi connectivity index (χ4v) is 10.6. The van der Waals surface area contributed by atoms with Crippen molar-refractivity contribution in [1.82, 2.24) is 30.4 Å². The van der Waals surface area contributed by atoms with Crippen molar-refractivity contribution < 1.29 is 19.2 Å². The molecule has 2 aromatic heterocycles. The first-order chi connectivity index (χ1) is 29.2. The Morgan fingerprint density at radius 2 is 1.32 bits per heavy atom. The fraction of sp³-hybridized carbons (Fsp3) is 0.458. The van der Waals surface area contributed by atoms with Crippen LogP contribution < -0.4 is 21.3 Å². The predicted molar refractivity (Wildman–Crippen MR) is 250 cm³/mol. The van der Waals surface area contributed by atoms with E-state index in [9.17, 15) is 19.2 Å². The SMILES string of the molecule is C=CCCNC(=O)Cn1c(Br)c(C2CCCCC2)c2ccc(C(=O)NCCC=C)cc21.O=C1Cn2c(Br)c(C3CCCCC3)c3ccc(cc32)C(=O)NCC/C=C\CCN1. The number of amides is 4. The van der Waals surface area contributed by atoms with Crippen LogP contribution in [0.3, 0.4) is 0 Å². The molecule has 320 valence electrons. The number of halogens is 2. The van der Waals surface area contributed by atoms with Gasteiger partial charge in [0.05, 0.1) is 20.2 Å². The summed E-state index contributed by atoms with van der Waals surface area (Å²) in [6.45, 7) is 10.2. The van der Waals surface area contributed by atoms with E-state index in [0.717, 1.165) is 69.5 Å². The monoisotopic (exact) mass is 942 g/mol. The van der Waals surface area contributed by atoms with Gasteiger partial charge >= 0.3 is 0 Å². The molecule has 3 aliphatic rings. The summed E-state index contributed by atoms with van der Waals surface area (Å²) in [5.41, 5.74) is 5.68. The number of fused-ring (bicyclic) bond motifs is 2. The van der Waals surface area contributed by atoms with E-state index in [1.54, 1.807) is 12.2 Å². The van der Waals surface area contributed by atoms with Crippen LogP contribution in [0.4, 0.5) is 0 Å². The molecule has 4 amide bonds. The van der Waals surface area contributed by atoms with E-state index in [-0.39, 0.29) is 36.7 Å². The Morgan fingerprint density at radius 3 is 1.97 bits per heavy atom. The van der Waals surface area contributed by atoms with E-state index in [0.29, 0.717) is 49.1 Å². The number of rotatable bonds is 11. The Balaban J connectivity index is 0.000000202. The van der Waals surface area contributed by atoms with Crippen LogP contribution in [-0.4, -0.2) is 58.9 Å². The molecule has 1 aliphatic heterocycles. The van der Waals surface area contributed by atoms with Crippen molar-refractivity contribution in [2.75, 3.05) is 26.2 Å². The lowest BCUT2D eigenvalue weighted by Gasteiger charge is -2.22. The van der Waals surface area contributed by atoms with Gasteiger partial charge in [0.25, 0.3) is 11.8 Å². The lowest BCUT2D eigenvalue weighted by atomic mass is 9.84. The molecule has 2 aromatic carbocycles. The standard InChI is InChI=1S/C25H32BrN3O2.C23H28BrN3O2/c1-3-5-14-27-22(30)17-29-21-16-19(25(31)28-15-6-4-2)12-13-20(21)23(24(29)26)18-10-8-7-9-11-18;24-22-21(16-8-4-3-5-9-16)18-11-10-17-14-19(18)27(22)15-20(28)25-12-6-1-2-7-13-26-23(17)29/h3-4,12-13,16,18H,1-2,5-11,14-15,17H2,(H,27,30)(H,28,31);1-2,10-11,14,16H,3-9,12-13,15H2,(H,25,28)(H,26,29)/b;2-1-. The first-order valence-corrected chi connectivity index (χ1v) is 23.4. The summed E-state index contributed by atoms with van der Waals surface area (Å²) in [6.07, 6.45) is 22.9. The van der Waals surface area contributed by atoms with Crippen LogP contribution in [0.25, 0.3) is 21.8 Å². The third kappa shape index (κ3) is 11.3. The summed E-state index contributed by atoms with van der Waals surface area (Å²) in [7, 11) is 0. The molecule has 2 saturated carbocycles. The number of nitrogens with one attached hydrogen (secondary N) is 4. The smallest absolute Gasteiger partial charge is 0.251 e. The van der Waals surface area contributed by atoms with Crippen molar-refractivity contribution in [2.45, 2.75) is 115 Å². The van der Waals surface area contributed by atoms with Crippen LogP contribution in [0.15, 0.2) is 83.1 Å². The molecular weight excluding hydrogens is 884 g/mol. The Hall–Kier alpha value is -4.42. The van der Waals surface area contributed by atoms with Gasteiger partial charge in [-0.2, -0.15) is 0 Å². The van der Waals surface area contributed by atoms with Gasteiger partial charge in [0.2, 0.25) is 11.8 Å². The summed E-state index contributed by atoms with van der Waals surface area (Å²) in [6, 6.07) is 11.7. The lowest BCUT2D eigenvalue weighted by Crippen LogP contribution is -2.28. The van der Waals surface area contributed by atoms with Crippen LogP contribution in [-0.2, 0) is 22.7 Å². The highest BCUT2D eigenvalue weighted by atomic mass is 79.9. The number of hydrogen-bond donors (Lipinski definition) is 4. The highest BCUT2D eigenvalue weighted by Crippen LogP contribution is 2.44. The Labute approximate surface area is 371 Å². The molecule has 0 radical (unpaired) electrons. The van der Waals surface area contributed by atoms with Gasteiger partial charge in [-0.25, -0.2) is 0 Å². The Bertz CT molecular complexity index is 2210. The molecule has 2 fully saturated rings. The average molecular weight is 945 g/mol. The molecule has 4 aromatic rings. The molecule has 3 heterocycles. The highest BCUT2D eigenvalue weighted by molar-refractivity contribution is 9.10. The van der Waals surface area contributed by atoms with Crippen molar-refractivity contribution in [2.24, 2.45) is 0 Å². The molecule has 0 atom stereocenters. The second kappa shape index (κ2) is 22.4. The highest BCUT2D eigenvalue weighted by Gasteiger charge is 2.28. The minimum absolute atomic E-state index is 0.00378. The number of aromatic nitrogens is 2. The van der Waals surface area contributed by atoms with E-state index < -0.39 is 0 Å². The predicted octanol–water partition coefficient (Wildman–Crippen LogP) is 10.1. The topological polar surface area (TPSA) is 126 Å². The normalized spacial score (nSPS) is 17.4. The van der Waals surface area contributed by atoms with E-state index >= 15 is 0 Å². The van der Waals surface area contributed by atoms with Gasteiger partial charge in [-0.05, 0) is 130 Å². The van der Waals surface area contributed by atoms with Gasteiger partial charge in [0.1, 0.15) is 13.1 Å². The van der Waals surface area contributed by atoms with Gasteiger partial charge in [0.15, 0.2) is 0 Å². The lowest BCUT2D eigenvalue weighted by molar-refractivity contribution is -0.122. The molecule has 12 heteroatoms. The van der Waals surface area contributed by atoms with Crippen molar-refractivity contribution in [3.63, 3.8) is 0 Å². The fourth-order valence-electron chi connectivity index (χ4n) is 8.85. The van der Waals surface area contributed by atoms with Gasteiger partial charge in [-0.3, -0.25) is 19.2 Å². The van der Waals surface area contributed by atoms with Crippen LogP contribution >= 0.6 is 31.9 Å². The number of benzene rings is 2. The van der Waals surface area contributed by atoms with Crippen molar-refractivity contribution in [3.05, 3.63) is 105 Å². The molecule has 60 heavy (non-hydrogen) atoms. The number of nitrogens with zero attached hydrogens (tertiary/aromatic N) is 2. The maximum absolute atomic E-state index is 12.6. The second-order valence-electron chi connectivity index (χ2n) is 16.1. The third-order valence-corrected chi connectivity index (χ3v) is 13.6. The maximum Gasteiger partial charge on any atom is 0.251 e. The molecule has 0 spiro atoms. The summed E-state index contributed by atoms with van der Waals surface area (Å²) in [4.78, 5) is 50.4. The van der Waals surface area contributed by atoms with E-state index in [2.05, 4.69) is 78.4 Å². The zero-order chi connectivity index (χ0) is 42.4. The largest absolute Gasteiger partial charge is 0.354 e. The van der Waals surface area contributed by atoms with E-state index in [1.165, 1.54) is 62.5 Å². The zero-order valence-corrected chi connectivity index (χ0v) is 37.9. The van der Waals surface area contributed by atoms with Crippen molar-refractivity contribution in [1.29, 1.82) is 0 Å². The van der Waals surface area contributed by atoms with Gasteiger partial charge in [0, 0.05) is 48.1 Å². The van der Waals surface area contributed by atoms with Crippen molar-refractivity contribution >= 4 is 77.3 Å². The van der Waals surface area contributed by atoms with Crippen LogP contribution in [0, 0.1) is 0 Å². The minimum atomic E-state index is -0.109. The molecule has 2 aliphatic carbocycles. The summed E-state index contributed by atoms with van der Waals surface area (Å²) in [5.74, 6) is 0.750.